The summed E-state index contributed by atoms with van der Waals surface area (Å²) in [5, 5.41) is 0. The molecule has 0 atom stereocenters. The molecule has 8 nitrogen and oxygen atoms in total. The highest BCUT2D eigenvalue weighted by molar-refractivity contribution is 5.89. The highest BCUT2D eigenvalue weighted by Gasteiger charge is 2.04. The average molecular weight is 414 g/mol. The van der Waals surface area contributed by atoms with Crippen molar-refractivity contribution in [2.75, 3.05) is 85.9 Å². The first kappa shape index (κ1) is 25.5. The van der Waals surface area contributed by atoms with Crippen LogP contribution in [-0.2, 0) is 33.2 Å². The van der Waals surface area contributed by atoms with E-state index >= 15 is 0 Å². The minimum absolute atomic E-state index is 0.217. The molecule has 0 radical (unpaired) electrons. The molecule has 1 aromatic carbocycles. The molecule has 0 fully saturated rings. The van der Waals surface area contributed by atoms with E-state index < -0.39 is 0 Å². The summed E-state index contributed by atoms with van der Waals surface area (Å²) in [5.74, 6) is -0.347. The maximum absolute atomic E-state index is 11.7. The van der Waals surface area contributed by atoms with E-state index in [0.717, 1.165) is 0 Å². The summed E-state index contributed by atoms with van der Waals surface area (Å²) in [5.41, 5.74) is 0.534. The van der Waals surface area contributed by atoms with Crippen LogP contribution in [0.1, 0.15) is 17.3 Å². The Labute approximate surface area is 173 Å². The van der Waals surface area contributed by atoms with Crippen LogP contribution in [0.2, 0.25) is 0 Å². The van der Waals surface area contributed by atoms with Crippen molar-refractivity contribution in [1.82, 2.24) is 0 Å². The van der Waals surface area contributed by atoms with Crippen molar-refractivity contribution >= 4 is 5.97 Å². The molecule has 29 heavy (non-hydrogen) atoms. The van der Waals surface area contributed by atoms with Gasteiger partial charge in [0.25, 0.3) is 0 Å². The van der Waals surface area contributed by atoms with Gasteiger partial charge in [-0.2, -0.15) is 0 Å². The molecule has 1 aromatic rings. The van der Waals surface area contributed by atoms with Crippen LogP contribution in [0.4, 0.5) is 0 Å². The molecule has 0 amide bonds. The van der Waals surface area contributed by atoms with E-state index in [1.165, 1.54) is 0 Å². The number of carbonyl (C=O) groups excluding carboxylic acids is 1. The third-order valence-electron chi connectivity index (χ3n) is 3.53. The van der Waals surface area contributed by atoms with Crippen LogP contribution < -0.4 is 0 Å². The average Bonchev–Trinajstić information content (AvgIpc) is 2.75. The van der Waals surface area contributed by atoms with Crippen LogP contribution in [0, 0.1) is 0 Å². The van der Waals surface area contributed by atoms with Crippen LogP contribution >= 0.6 is 0 Å². The van der Waals surface area contributed by atoms with Gasteiger partial charge in [0.05, 0.1) is 78.2 Å². The highest BCUT2D eigenvalue weighted by atomic mass is 16.6. The Morgan fingerprint density at radius 3 is 1.38 bits per heavy atom. The molecule has 0 spiro atoms. The second kappa shape index (κ2) is 19.8. The first-order chi connectivity index (χ1) is 14.3. The van der Waals surface area contributed by atoms with Crippen LogP contribution in [0.5, 0.6) is 0 Å². The third kappa shape index (κ3) is 16.0. The van der Waals surface area contributed by atoms with Gasteiger partial charge in [0.1, 0.15) is 6.61 Å². The van der Waals surface area contributed by atoms with E-state index in [4.69, 9.17) is 33.2 Å². The predicted molar refractivity (Wildman–Crippen MR) is 107 cm³/mol. The zero-order chi connectivity index (χ0) is 20.8. The maximum Gasteiger partial charge on any atom is 0.338 e. The summed E-state index contributed by atoms with van der Waals surface area (Å²) in [4.78, 5) is 11.7. The monoisotopic (exact) mass is 414 g/mol. The van der Waals surface area contributed by atoms with Crippen molar-refractivity contribution in [1.29, 1.82) is 0 Å². The second-order valence-corrected chi connectivity index (χ2v) is 5.76. The standard InChI is InChI=1S/C21H34O8/c1-2-23-8-9-24-10-11-25-12-13-26-14-15-27-16-17-28-18-19-29-21(22)20-6-4-3-5-7-20/h3-7H,2,8-19H2,1H3. The van der Waals surface area contributed by atoms with Gasteiger partial charge in [-0.15, -0.1) is 0 Å². The molecule has 0 aliphatic heterocycles. The van der Waals surface area contributed by atoms with Crippen LogP contribution in [0.3, 0.4) is 0 Å². The number of ether oxygens (including phenoxy) is 7. The number of benzene rings is 1. The normalized spacial score (nSPS) is 10.9. The molecule has 0 unspecified atom stereocenters. The summed E-state index contributed by atoms with van der Waals surface area (Å²) in [6, 6.07) is 8.86. The Hall–Kier alpha value is -1.55. The summed E-state index contributed by atoms with van der Waals surface area (Å²) >= 11 is 0. The summed E-state index contributed by atoms with van der Waals surface area (Å²) < 4.78 is 37.1. The minimum atomic E-state index is -0.347. The fraction of sp³-hybridized carbons (Fsp3) is 0.667. The Bertz CT molecular complexity index is 483. The molecule has 0 aliphatic carbocycles. The Balaban J connectivity index is 1.72. The molecule has 1 rings (SSSR count). The fourth-order valence-electron chi connectivity index (χ4n) is 2.09. The quantitative estimate of drug-likeness (QED) is 0.237. The zero-order valence-corrected chi connectivity index (χ0v) is 17.3. The lowest BCUT2D eigenvalue weighted by Crippen LogP contribution is -2.15. The van der Waals surface area contributed by atoms with Crippen LogP contribution in [0.15, 0.2) is 30.3 Å². The molecule has 0 bridgehead atoms. The summed E-state index contributed by atoms with van der Waals surface area (Å²) in [7, 11) is 0. The van der Waals surface area contributed by atoms with Gasteiger partial charge in [-0.1, -0.05) is 18.2 Å². The first-order valence-corrected chi connectivity index (χ1v) is 10.0. The summed E-state index contributed by atoms with van der Waals surface area (Å²) in [6.45, 7) is 8.48. The van der Waals surface area contributed by atoms with Crippen molar-refractivity contribution in [3.8, 4) is 0 Å². The predicted octanol–water partition coefficient (Wildman–Crippen LogP) is 1.96. The number of hydrogen-bond acceptors (Lipinski definition) is 8. The van der Waals surface area contributed by atoms with Gasteiger partial charge in [0.2, 0.25) is 0 Å². The van der Waals surface area contributed by atoms with Gasteiger partial charge in [-0.25, -0.2) is 4.79 Å². The molecular formula is C21H34O8. The SMILES string of the molecule is CCOCCOCCOCCOCCOCCOCCOC(=O)c1ccccc1. The smallest absolute Gasteiger partial charge is 0.338 e. The van der Waals surface area contributed by atoms with Gasteiger partial charge in [0, 0.05) is 6.61 Å². The summed E-state index contributed by atoms with van der Waals surface area (Å²) in [6.07, 6.45) is 0. The van der Waals surface area contributed by atoms with E-state index in [1.807, 2.05) is 13.0 Å². The van der Waals surface area contributed by atoms with Gasteiger partial charge >= 0.3 is 5.97 Å². The van der Waals surface area contributed by atoms with Crippen molar-refractivity contribution in [3.05, 3.63) is 35.9 Å². The number of hydrogen-bond donors (Lipinski definition) is 0. The third-order valence-corrected chi connectivity index (χ3v) is 3.53. The lowest BCUT2D eigenvalue weighted by atomic mass is 10.2. The van der Waals surface area contributed by atoms with E-state index in [0.29, 0.717) is 84.8 Å². The topological polar surface area (TPSA) is 81.7 Å². The van der Waals surface area contributed by atoms with Crippen molar-refractivity contribution in [3.63, 3.8) is 0 Å². The van der Waals surface area contributed by atoms with Gasteiger partial charge in [-0.05, 0) is 19.1 Å². The second-order valence-electron chi connectivity index (χ2n) is 5.76. The van der Waals surface area contributed by atoms with E-state index in [2.05, 4.69) is 0 Å². The fourth-order valence-corrected chi connectivity index (χ4v) is 2.09. The minimum Gasteiger partial charge on any atom is -0.460 e. The van der Waals surface area contributed by atoms with Gasteiger partial charge in [0.15, 0.2) is 0 Å². The number of carbonyl (C=O) groups is 1. The molecule has 0 heterocycles. The Morgan fingerprint density at radius 1 is 0.586 bits per heavy atom. The van der Waals surface area contributed by atoms with Crippen molar-refractivity contribution < 1.29 is 38.0 Å². The van der Waals surface area contributed by atoms with Crippen molar-refractivity contribution in [2.45, 2.75) is 6.92 Å². The molecular weight excluding hydrogens is 380 g/mol. The van der Waals surface area contributed by atoms with E-state index in [9.17, 15) is 4.79 Å². The van der Waals surface area contributed by atoms with Gasteiger partial charge < -0.3 is 33.2 Å². The molecule has 166 valence electrons. The lowest BCUT2D eigenvalue weighted by molar-refractivity contribution is -0.0189. The molecule has 0 saturated heterocycles. The zero-order valence-electron chi connectivity index (χ0n) is 17.3. The van der Waals surface area contributed by atoms with Gasteiger partial charge in [-0.3, -0.25) is 0 Å². The number of rotatable bonds is 20. The molecule has 0 N–H and O–H groups in total. The van der Waals surface area contributed by atoms with E-state index in [1.54, 1.807) is 24.3 Å². The highest BCUT2D eigenvalue weighted by Crippen LogP contribution is 2.00. The van der Waals surface area contributed by atoms with E-state index in [-0.39, 0.29) is 12.6 Å². The maximum atomic E-state index is 11.7. The molecule has 8 heteroatoms. The molecule has 0 saturated carbocycles. The lowest BCUT2D eigenvalue weighted by Gasteiger charge is -2.08. The first-order valence-electron chi connectivity index (χ1n) is 10.0. The van der Waals surface area contributed by atoms with Crippen LogP contribution in [-0.4, -0.2) is 91.9 Å². The van der Waals surface area contributed by atoms with Crippen molar-refractivity contribution in [2.24, 2.45) is 0 Å². The van der Waals surface area contributed by atoms with Crippen LogP contribution in [0.25, 0.3) is 0 Å². The molecule has 0 aromatic heterocycles. The Kier molecular flexibility index (Phi) is 17.4. The number of esters is 1. The Morgan fingerprint density at radius 2 is 0.966 bits per heavy atom. The largest absolute Gasteiger partial charge is 0.460 e. The molecule has 0 aliphatic rings.